The third kappa shape index (κ3) is 3.91. The van der Waals surface area contributed by atoms with E-state index in [1.54, 1.807) is 29.4 Å². The lowest BCUT2D eigenvalue weighted by atomic mass is 10.1. The van der Waals surface area contributed by atoms with Crippen molar-refractivity contribution in [1.82, 2.24) is 24.7 Å². The van der Waals surface area contributed by atoms with E-state index in [-0.39, 0.29) is 11.5 Å². The van der Waals surface area contributed by atoms with Crippen molar-refractivity contribution in [3.63, 3.8) is 0 Å². The zero-order valence-electron chi connectivity index (χ0n) is 15.0. The van der Waals surface area contributed by atoms with Gasteiger partial charge in [0.05, 0.1) is 17.6 Å². The van der Waals surface area contributed by atoms with E-state index in [0.717, 1.165) is 11.3 Å². The van der Waals surface area contributed by atoms with Crippen LogP contribution in [-0.4, -0.2) is 30.9 Å². The van der Waals surface area contributed by atoms with Gasteiger partial charge < -0.3 is 0 Å². The van der Waals surface area contributed by atoms with Gasteiger partial charge in [0.1, 0.15) is 24.3 Å². The SMILES string of the molecule is N#Cc1c(-c2ccccc2)nc(NN=Cc2ccc(-n3cncn3)cc2)[nH]c1=O. The number of anilines is 1. The third-order valence-electron chi connectivity index (χ3n) is 4.04. The van der Waals surface area contributed by atoms with Crippen LogP contribution in [0.4, 0.5) is 5.95 Å². The molecule has 4 rings (SSSR count). The Labute approximate surface area is 165 Å². The number of rotatable bonds is 5. The molecule has 2 heterocycles. The van der Waals surface area contributed by atoms with Gasteiger partial charge in [0.15, 0.2) is 0 Å². The van der Waals surface area contributed by atoms with Crippen LogP contribution in [0.5, 0.6) is 0 Å². The van der Waals surface area contributed by atoms with Gasteiger partial charge in [-0.3, -0.25) is 9.78 Å². The maximum atomic E-state index is 12.2. The Morgan fingerprint density at radius 1 is 1.14 bits per heavy atom. The molecule has 29 heavy (non-hydrogen) atoms. The van der Waals surface area contributed by atoms with E-state index in [9.17, 15) is 10.1 Å². The second-order valence-electron chi connectivity index (χ2n) is 5.92. The molecular weight excluding hydrogens is 368 g/mol. The molecular formula is C20H14N8O. The molecule has 2 aromatic heterocycles. The predicted molar refractivity (Wildman–Crippen MR) is 108 cm³/mol. The molecule has 9 nitrogen and oxygen atoms in total. The van der Waals surface area contributed by atoms with E-state index in [2.05, 4.69) is 30.6 Å². The normalized spacial score (nSPS) is 10.7. The summed E-state index contributed by atoms with van der Waals surface area (Å²) in [7, 11) is 0. The number of hydrogen-bond donors (Lipinski definition) is 2. The van der Waals surface area contributed by atoms with E-state index in [4.69, 9.17) is 0 Å². The molecule has 2 N–H and O–H groups in total. The molecule has 9 heteroatoms. The van der Waals surface area contributed by atoms with Gasteiger partial charge in [-0.2, -0.15) is 15.5 Å². The highest BCUT2D eigenvalue weighted by Crippen LogP contribution is 2.19. The Morgan fingerprint density at radius 3 is 2.62 bits per heavy atom. The minimum absolute atomic E-state index is 0.0468. The summed E-state index contributed by atoms with van der Waals surface area (Å²) in [6.45, 7) is 0. The first-order valence-corrected chi connectivity index (χ1v) is 8.58. The molecule has 0 saturated heterocycles. The summed E-state index contributed by atoms with van der Waals surface area (Å²) in [5, 5.41) is 17.5. The summed E-state index contributed by atoms with van der Waals surface area (Å²) in [4.78, 5) is 23.0. The molecule has 0 aliphatic heterocycles. The van der Waals surface area contributed by atoms with Crippen molar-refractivity contribution >= 4 is 12.2 Å². The Bertz CT molecular complexity index is 1240. The van der Waals surface area contributed by atoms with Crippen molar-refractivity contribution in [2.75, 3.05) is 5.43 Å². The third-order valence-corrected chi connectivity index (χ3v) is 4.04. The standard InChI is InChI=1S/C20H14N8O/c21-10-17-18(15-4-2-1-3-5-15)25-20(26-19(17)29)27-23-11-14-6-8-16(9-7-14)28-13-22-12-24-28/h1-9,11-13H,(H2,25,26,27,29). The molecule has 0 amide bonds. The highest BCUT2D eigenvalue weighted by molar-refractivity contribution is 5.80. The van der Waals surface area contributed by atoms with Crippen LogP contribution < -0.4 is 11.0 Å². The Morgan fingerprint density at radius 2 is 1.93 bits per heavy atom. The summed E-state index contributed by atoms with van der Waals surface area (Å²) < 4.78 is 1.65. The van der Waals surface area contributed by atoms with E-state index in [1.165, 1.54) is 6.33 Å². The molecule has 0 fully saturated rings. The van der Waals surface area contributed by atoms with Gasteiger partial charge in [0.2, 0.25) is 5.95 Å². The molecule has 0 aliphatic carbocycles. The Kier molecular flexibility index (Phi) is 4.90. The van der Waals surface area contributed by atoms with Gasteiger partial charge in [-0.1, -0.05) is 42.5 Å². The van der Waals surface area contributed by atoms with Gasteiger partial charge in [-0.25, -0.2) is 20.1 Å². The van der Waals surface area contributed by atoms with E-state index in [1.807, 2.05) is 48.5 Å². The fourth-order valence-corrected chi connectivity index (χ4v) is 2.66. The monoisotopic (exact) mass is 382 g/mol. The molecule has 140 valence electrons. The van der Waals surface area contributed by atoms with E-state index < -0.39 is 5.56 Å². The van der Waals surface area contributed by atoms with Crippen LogP contribution in [0.25, 0.3) is 16.9 Å². The van der Waals surface area contributed by atoms with Crippen LogP contribution in [0.3, 0.4) is 0 Å². The second-order valence-corrected chi connectivity index (χ2v) is 5.92. The highest BCUT2D eigenvalue weighted by Gasteiger charge is 2.12. The molecule has 0 unspecified atom stereocenters. The van der Waals surface area contributed by atoms with Crippen molar-refractivity contribution in [3.8, 4) is 23.0 Å². The van der Waals surface area contributed by atoms with Gasteiger partial charge in [-0.05, 0) is 17.7 Å². The molecule has 0 aliphatic rings. The molecule has 4 aromatic rings. The minimum Gasteiger partial charge on any atom is -0.290 e. The van der Waals surface area contributed by atoms with Gasteiger partial charge >= 0.3 is 0 Å². The summed E-state index contributed by atoms with van der Waals surface area (Å²) in [6, 6.07) is 18.4. The molecule has 0 saturated carbocycles. The number of hydrogen-bond acceptors (Lipinski definition) is 7. The number of hydrazone groups is 1. The number of nitriles is 1. The summed E-state index contributed by atoms with van der Waals surface area (Å²) in [5.74, 6) is 0.142. The number of aromatic amines is 1. The average Bonchev–Trinajstić information content (AvgIpc) is 3.29. The predicted octanol–water partition coefficient (Wildman–Crippen LogP) is 2.34. The quantitative estimate of drug-likeness (QED) is 0.403. The van der Waals surface area contributed by atoms with Crippen molar-refractivity contribution in [2.45, 2.75) is 0 Å². The topological polar surface area (TPSA) is 125 Å². The number of aromatic nitrogens is 5. The largest absolute Gasteiger partial charge is 0.290 e. The number of benzene rings is 2. The lowest BCUT2D eigenvalue weighted by Crippen LogP contribution is -2.16. The maximum absolute atomic E-state index is 12.2. The Balaban J connectivity index is 1.55. The molecule has 0 radical (unpaired) electrons. The minimum atomic E-state index is -0.531. The smallest absolute Gasteiger partial charge is 0.270 e. The van der Waals surface area contributed by atoms with E-state index >= 15 is 0 Å². The highest BCUT2D eigenvalue weighted by atomic mass is 16.1. The zero-order chi connectivity index (χ0) is 20.1. The number of H-pyrrole nitrogens is 1. The van der Waals surface area contributed by atoms with Crippen LogP contribution >= 0.6 is 0 Å². The molecule has 0 bridgehead atoms. The fraction of sp³-hybridized carbons (Fsp3) is 0. The first-order valence-electron chi connectivity index (χ1n) is 8.58. The fourth-order valence-electron chi connectivity index (χ4n) is 2.66. The van der Waals surface area contributed by atoms with Gasteiger partial charge in [0, 0.05) is 5.56 Å². The lowest BCUT2D eigenvalue weighted by Gasteiger charge is -2.06. The van der Waals surface area contributed by atoms with Crippen molar-refractivity contribution in [1.29, 1.82) is 5.26 Å². The van der Waals surface area contributed by atoms with Gasteiger partial charge in [0.25, 0.3) is 5.56 Å². The molecule has 2 aromatic carbocycles. The zero-order valence-corrected chi connectivity index (χ0v) is 15.0. The van der Waals surface area contributed by atoms with Crippen molar-refractivity contribution in [2.24, 2.45) is 5.10 Å². The van der Waals surface area contributed by atoms with Crippen molar-refractivity contribution in [3.05, 3.63) is 88.7 Å². The summed E-state index contributed by atoms with van der Waals surface area (Å²) in [6.07, 6.45) is 4.67. The van der Waals surface area contributed by atoms with Crippen LogP contribution in [0.2, 0.25) is 0 Å². The van der Waals surface area contributed by atoms with Gasteiger partial charge in [-0.15, -0.1) is 0 Å². The molecule has 0 spiro atoms. The van der Waals surface area contributed by atoms with Crippen LogP contribution in [-0.2, 0) is 0 Å². The number of nitrogens with zero attached hydrogens (tertiary/aromatic N) is 6. The Hall–Kier alpha value is -4.58. The first-order chi connectivity index (χ1) is 14.2. The van der Waals surface area contributed by atoms with Crippen LogP contribution in [0.15, 0.2) is 77.1 Å². The first kappa shape index (κ1) is 17.8. The van der Waals surface area contributed by atoms with Crippen LogP contribution in [0, 0.1) is 11.3 Å². The van der Waals surface area contributed by atoms with E-state index in [0.29, 0.717) is 11.3 Å². The second kappa shape index (κ2) is 7.98. The van der Waals surface area contributed by atoms with Crippen molar-refractivity contribution < 1.29 is 0 Å². The summed E-state index contributed by atoms with van der Waals surface area (Å²) in [5.41, 5.74) is 4.80. The number of nitrogens with one attached hydrogen (secondary N) is 2. The van der Waals surface area contributed by atoms with Crippen LogP contribution in [0.1, 0.15) is 11.1 Å². The average molecular weight is 382 g/mol. The maximum Gasteiger partial charge on any atom is 0.270 e. The summed E-state index contributed by atoms with van der Waals surface area (Å²) >= 11 is 0. The lowest BCUT2D eigenvalue weighted by molar-refractivity contribution is 0.879. The molecule has 0 atom stereocenters.